The Morgan fingerprint density at radius 3 is 2.92 bits per heavy atom. The average Bonchev–Trinajstić information content (AvgIpc) is 3.13. The zero-order valence-corrected chi connectivity index (χ0v) is 14.4. The van der Waals surface area contributed by atoms with Crippen molar-refractivity contribution in [3.05, 3.63) is 65.7 Å². The molecule has 4 rings (SSSR count). The topological polar surface area (TPSA) is 71.0 Å². The highest BCUT2D eigenvalue weighted by Gasteiger charge is 2.25. The summed E-state index contributed by atoms with van der Waals surface area (Å²) >= 11 is 0. The fraction of sp³-hybridized carbons (Fsp3) is 0.143. The second kappa shape index (κ2) is 6.88. The van der Waals surface area contributed by atoms with E-state index in [2.05, 4.69) is 19.9 Å². The fourth-order valence-corrected chi connectivity index (χ4v) is 2.97. The molecule has 4 heterocycles. The van der Waals surface area contributed by atoms with E-state index in [1.807, 2.05) is 49.4 Å². The lowest BCUT2D eigenvalue weighted by Crippen LogP contribution is -2.17. The van der Waals surface area contributed by atoms with E-state index in [0.717, 1.165) is 28.9 Å². The summed E-state index contributed by atoms with van der Waals surface area (Å²) in [5.74, 6) is 0.645. The van der Waals surface area contributed by atoms with Crippen LogP contribution in [-0.4, -0.2) is 26.9 Å². The summed E-state index contributed by atoms with van der Waals surface area (Å²) in [7, 11) is 0. The van der Waals surface area contributed by atoms with Crippen LogP contribution in [0.3, 0.4) is 0 Å². The first kappa shape index (κ1) is 16.1. The van der Waals surface area contributed by atoms with Gasteiger partial charge < -0.3 is 4.98 Å². The predicted molar refractivity (Wildman–Crippen MR) is 103 cm³/mol. The molecule has 5 heteroatoms. The lowest BCUT2D eigenvalue weighted by atomic mass is 9.95. The normalized spacial score (nSPS) is 16.2. The Morgan fingerprint density at radius 2 is 2.12 bits per heavy atom. The van der Waals surface area contributed by atoms with Crippen LogP contribution >= 0.6 is 0 Å². The van der Waals surface area contributed by atoms with Crippen LogP contribution in [0, 0.1) is 5.92 Å². The van der Waals surface area contributed by atoms with Crippen molar-refractivity contribution < 1.29 is 4.79 Å². The maximum atomic E-state index is 12.5. The number of nitrogens with one attached hydrogen (secondary N) is 1. The Labute approximate surface area is 151 Å². The molecule has 3 aromatic rings. The van der Waals surface area contributed by atoms with Crippen molar-refractivity contribution in [2.24, 2.45) is 10.9 Å². The maximum Gasteiger partial charge on any atom is 0.175 e. The molecule has 1 aliphatic rings. The van der Waals surface area contributed by atoms with Crippen LogP contribution in [0.2, 0.25) is 0 Å². The van der Waals surface area contributed by atoms with Crippen LogP contribution in [0.4, 0.5) is 5.82 Å². The summed E-state index contributed by atoms with van der Waals surface area (Å²) in [4.78, 5) is 28.6. The number of carbonyl (C=O) groups excluding carboxylic acids is 1. The Balaban J connectivity index is 1.63. The molecule has 3 aromatic heterocycles. The smallest absolute Gasteiger partial charge is 0.175 e. The SMILES string of the molecule is CCC1C=Nc2[nH]c(-c3ccnc(/C=C/c4cccnc4)c3)cc2C1=O. The van der Waals surface area contributed by atoms with Gasteiger partial charge in [-0.15, -0.1) is 0 Å². The van der Waals surface area contributed by atoms with Crippen molar-refractivity contribution in [3.8, 4) is 11.3 Å². The third kappa shape index (κ3) is 3.11. The summed E-state index contributed by atoms with van der Waals surface area (Å²) < 4.78 is 0. The monoisotopic (exact) mass is 342 g/mol. The third-order valence-corrected chi connectivity index (χ3v) is 4.45. The molecule has 1 unspecified atom stereocenters. The summed E-state index contributed by atoms with van der Waals surface area (Å²) in [5.41, 5.74) is 4.35. The molecule has 0 bridgehead atoms. The van der Waals surface area contributed by atoms with Gasteiger partial charge in [-0.25, -0.2) is 4.99 Å². The minimum Gasteiger partial charge on any atom is -0.339 e. The molecule has 1 N–H and O–H groups in total. The van der Waals surface area contributed by atoms with Crippen molar-refractivity contribution in [3.63, 3.8) is 0 Å². The average molecular weight is 342 g/mol. The number of hydrogen-bond donors (Lipinski definition) is 1. The Morgan fingerprint density at radius 1 is 1.19 bits per heavy atom. The highest BCUT2D eigenvalue weighted by molar-refractivity contribution is 6.12. The largest absolute Gasteiger partial charge is 0.339 e. The van der Waals surface area contributed by atoms with Crippen molar-refractivity contribution in [2.75, 3.05) is 0 Å². The highest BCUT2D eigenvalue weighted by atomic mass is 16.1. The van der Waals surface area contributed by atoms with E-state index >= 15 is 0 Å². The standard InChI is InChI=1S/C21H18N4O/c1-2-15-13-24-21-18(20(15)26)11-19(25-21)16-7-9-23-17(10-16)6-5-14-4-3-8-22-12-14/h3-13,15,25H,2H2,1H3/b6-5+. The van der Waals surface area contributed by atoms with E-state index in [4.69, 9.17) is 0 Å². The summed E-state index contributed by atoms with van der Waals surface area (Å²) in [6.45, 7) is 2.00. The molecule has 26 heavy (non-hydrogen) atoms. The first-order chi connectivity index (χ1) is 12.7. The van der Waals surface area contributed by atoms with Crippen LogP contribution < -0.4 is 0 Å². The molecule has 0 fully saturated rings. The van der Waals surface area contributed by atoms with Gasteiger partial charge in [0.25, 0.3) is 0 Å². The number of pyridine rings is 2. The number of aliphatic imine (C=N–C) groups is 1. The van der Waals surface area contributed by atoms with Gasteiger partial charge in [-0.05, 0) is 42.3 Å². The van der Waals surface area contributed by atoms with Gasteiger partial charge in [0.1, 0.15) is 5.82 Å². The number of aromatic amines is 1. The van der Waals surface area contributed by atoms with Gasteiger partial charge in [-0.1, -0.05) is 19.1 Å². The number of ketones is 1. The number of fused-ring (bicyclic) bond motifs is 1. The molecule has 0 aliphatic carbocycles. The molecule has 0 saturated heterocycles. The van der Waals surface area contributed by atoms with Crippen molar-refractivity contribution in [2.45, 2.75) is 13.3 Å². The quantitative estimate of drug-likeness (QED) is 0.755. The van der Waals surface area contributed by atoms with Crippen LogP contribution in [0.15, 0.2) is 53.9 Å². The molecule has 1 atom stereocenters. The number of hydrogen-bond acceptors (Lipinski definition) is 4. The highest BCUT2D eigenvalue weighted by Crippen LogP contribution is 2.32. The van der Waals surface area contributed by atoms with Gasteiger partial charge in [-0.2, -0.15) is 0 Å². The lowest BCUT2D eigenvalue weighted by molar-refractivity contribution is 0.0953. The second-order valence-electron chi connectivity index (χ2n) is 6.19. The van der Waals surface area contributed by atoms with E-state index in [0.29, 0.717) is 11.4 Å². The first-order valence-corrected chi connectivity index (χ1v) is 8.60. The minimum atomic E-state index is -0.124. The van der Waals surface area contributed by atoms with E-state index in [-0.39, 0.29) is 11.7 Å². The summed E-state index contributed by atoms with van der Waals surface area (Å²) in [6.07, 6.45) is 11.7. The molecule has 128 valence electrons. The first-order valence-electron chi connectivity index (χ1n) is 8.60. The molecule has 5 nitrogen and oxygen atoms in total. The zero-order valence-electron chi connectivity index (χ0n) is 14.4. The zero-order chi connectivity index (χ0) is 17.9. The van der Waals surface area contributed by atoms with Gasteiger partial charge in [0.15, 0.2) is 5.78 Å². The number of rotatable bonds is 4. The number of carbonyl (C=O) groups is 1. The van der Waals surface area contributed by atoms with Crippen molar-refractivity contribution in [1.82, 2.24) is 15.0 Å². The molecule has 0 amide bonds. The van der Waals surface area contributed by atoms with Crippen LogP contribution in [0.5, 0.6) is 0 Å². The molecular formula is C21H18N4O. The molecule has 0 spiro atoms. The molecular weight excluding hydrogens is 324 g/mol. The molecule has 0 radical (unpaired) electrons. The van der Waals surface area contributed by atoms with Gasteiger partial charge in [0.05, 0.1) is 17.2 Å². The number of nitrogens with zero attached hydrogens (tertiary/aromatic N) is 3. The van der Waals surface area contributed by atoms with Gasteiger partial charge >= 0.3 is 0 Å². The number of aromatic nitrogens is 3. The predicted octanol–water partition coefficient (Wildman–Crippen LogP) is 4.57. The summed E-state index contributed by atoms with van der Waals surface area (Å²) in [5, 5.41) is 0. The Hall–Kier alpha value is -3.34. The van der Waals surface area contributed by atoms with Gasteiger partial charge in [0.2, 0.25) is 0 Å². The lowest BCUT2D eigenvalue weighted by Gasteiger charge is -2.11. The van der Waals surface area contributed by atoms with Crippen molar-refractivity contribution in [1.29, 1.82) is 0 Å². The fourth-order valence-electron chi connectivity index (χ4n) is 2.97. The third-order valence-electron chi connectivity index (χ3n) is 4.45. The molecule has 1 aliphatic heterocycles. The number of H-pyrrole nitrogens is 1. The van der Waals surface area contributed by atoms with Gasteiger partial charge in [0, 0.05) is 36.1 Å². The van der Waals surface area contributed by atoms with E-state index < -0.39 is 0 Å². The Bertz CT molecular complexity index is 1000. The second-order valence-corrected chi connectivity index (χ2v) is 6.19. The Kier molecular flexibility index (Phi) is 4.27. The maximum absolute atomic E-state index is 12.5. The molecule has 0 saturated carbocycles. The van der Waals surface area contributed by atoms with Crippen LogP contribution in [0.25, 0.3) is 23.4 Å². The minimum absolute atomic E-state index is 0.124. The van der Waals surface area contributed by atoms with Crippen LogP contribution in [0.1, 0.15) is 35.0 Å². The number of Topliss-reactive ketones (excluding diaryl/α,β-unsaturated/α-hetero) is 1. The van der Waals surface area contributed by atoms with Crippen LogP contribution in [-0.2, 0) is 0 Å². The molecule has 0 aromatic carbocycles. The van der Waals surface area contributed by atoms with Crippen molar-refractivity contribution >= 4 is 30.0 Å². The van der Waals surface area contributed by atoms with Gasteiger partial charge in [-0.3, -0.25) is 14.8 Å². The van der Waals surface area contributed by atoms with E-state index in [9.17, 15) is 4.79 Å². The van der Waals surface area contributed by atoms with E-state index in [1.165, 1.54) is 0 Å². The summed E-state index contributed by atoms with van der Waals surface area (Å²) in [6, 6.07) is 9.68. The van der Waals surface area contributed by atoms with E-state index in [1.54, 1.807) is 24.8 Å².